The first-order valence-corrected chi connectivity index (χ1v) is 5.61. The van der Waals surface area contributed by atoms with Gasteiger partial charge in [0.15, 0.2) is 0 Å². The molecule has 0 fully saturated rings. The van der Waals surface area contributed by atoms with Crippen molar-refractivity contribution in [3.05, 3.63) is 23.7 Å². The summed E-state index contributed by atoms with van der Waals surface area (Å²) in [6, 6.07) is 4.11. The van der Waals surface area contributed by atoms with Crippen molar-refractivity contribution in [3.8, 4) is 0 Å². The number of rotatable bonds is 6. The fourth-order valence-corrected chi connectivity index (χ4v) is 1.54. The third-order valence-corrected chi connectivity index (χ3v) is 2.36. The van der Waals surface area contributed by atoms with Crippen LogP contribution in [0.25, 0.3) is 0 Å². The first kappa shape index (κ1) is 12.8. The Bertz CT molecular complexity index is 334. The van der Waals surface area contributed by atoms with Crippen molar-refractivity contribution in [2.45, 2.75) is 32.7 Å². The lowest BCUT2D eigenvalue weighted by Gasteiger charge is -2.12. The van der Waals surface area contributed by atoms with Crippen LogP contribution in [0.5, 0.6) is 0 Å². The molecule has 1 aromatic rings. The molecule has 1 unspecified atom stereocenters. The molecule has 0 bridgehead atoms. The van der Waals surface area contributed by atoms with Gasteiger partial charge in [0, 0.05) is 12.5 Å². The Labute approximate surface area is 96.4 Å². The molecule has 4 heteroatoms. The van der Waals surface area contributed by atoms with Crippen LogP contribution < -0.4 is 10.6 Å². The second-order valence-electron chi connectivity index (χ2n) is 4.05. The highest BCUT2D eigenvalue weighted by Gasteiger charge is 2.07. The minimum Gasteiger partial charge on any atom is -0.466 e. The maximum absolute atomic E-state index is 11.3. The summed E-state index contributed by atoms with van der Waals surface area (Å²) in [5.74, 6) is 1.94. The number of carbonyl (C=O) groups excluding carboxylic acids is 1. The molecule has 90 valence electrons. The number of furan rings is 1. The number of amides is 1. The van der Waals surface area contributed by atoms with E-state index in [1.54, 1.807) is 7.05 Å². The van der Waals surface area contributed by atoms with Gasteiger partial charge in [-0.3, -0.25) is 4.79 Å². The molecule has 16 heavy (non-hydrogen) atoms. The van der Waals surface area contributed by atoms with Crippen molar-refractivity contribution in [3.63, 3.8) is 0 Å². The molecule has 0 aliphatic heterocycles. The minimum absolute atomic E-state index is 0.0330. The zero-order valence-corrected chi connectivity index (χ0v) is 10.2. The summed E-state index contributed by atoms with van der Waals surface area (Å²) in [6.07, 6.45) is 1.75. The lowest BCUT2D eigenvalue weighted by atomic mass is 10.1. The third kappa shape index (κ3) is 4.49. The van der Waals surface area contributed by atoms with E-state index in [0.717, 1.165) is 24.4 Å². The average molecular weight is 224 g/mol. The number of nitrogens with one attached hydrogen (secondary N) is 2. The molecular formula is C12H20N2O2. The van der Waals surface area contributed by atoms with E-state index in [2.05, 4.69) is 10.6 Å². The standard InChI is InChI=1S/C12H20N2O2/c1-9(14-12(15)8-13-3)4-6-11-7-5-10(2)16-11/h5,7,9,13H,4,6,8H2,1-3H3,(H,14,15). The van der Waals surface area contributed by atoms with Gasteiger partial charge in [0.05, 0.1) is 6.54 Å². The zero-order chi connectivity index (χ0) is 12.0. The summed E-state index contributed by atoms with van der Waals surface area (Å²) in [6.45, 7) is 4.30. The Hall–Kier alpha value is -1.29. The maximum Gasteiger partial charge on any atom is 0.234 e. The van der Waals surface area contributed by atoms with Crippen molar-refractivity contribution in [1.29, 1.82) is 0 Å². The van der Waals surface area contributed by atoms with Crippen molar-refractivity contribution in [2.24, 2.45) is 0 Å². The molecule has 1 aromatic heterocycles. The van der Waals surface area contributed by atoms with Gasteiger partial charge in [-0.2, -0.15) is 0 Å². The maximum atomic E-state index is 11.3. The molecule has 1 heterocycles. The smallest absolute Gasteiger partial charge is 0.234 e. The number of carbonyl (C=O) groups is 1. The van der Waals surface area contributed by atoms with Gasteiger partial charge in [-0.25, -0.2) is 0 Å². The average Bonchev–Trinajstić information content (AvgIpc) is 2.61. The molecule has 1 atom stereocenters. The fraction of sp³-hybridized carbons (Fsp3) is 0.583. The summed E-state index contributed by atoms with van der Waals surface area (Å²) in [5, 5.41) is 5.73. The van der Waals surface area contributed by atoms with Gasteiger partial charge in [0.1, 0.15) is 11.5 Å². The quantitative estimate of drug-likeness (QED) is 0.764. The topological polar surface area (TPSA) is 54.3 Å². The van der Waals surface area contributed by atoms with E-state index in [4.69, 9.17) is 4.42 Å². The van der Waals surface area contributed by atoms with Crippen LogP contribution in [0.3, 0.4) is 0 Å². The predicted molar refractivity (Wildman–Crippen MR) is 63.3 cm³/mol. The SMILES string of the molecule is CNCC(=O)NC(C)CCc1ccc(C)o1. The first-order valence-electron chi connectivity index (χ1n) is 5.61. The molecule has 1 amide bonds. The fourth-order valence-electron chi connectivity index (χ4n) is 1.54. The molecule has 2 N–H and O–H groups in total. The normalized spacial score (nSPS) is 12.4. The lowest BCUT2D eigenvalue weighted by molar-refractivity contribution is -0.120. The molecule has 4 nitrogen and oxygen atoms in total. The molecule has 0 aromatic carbocycles. The Kier molecular flexibility index (Phi) is 5.05. The second-order valence-corrected chi connectivity index (χ2v) is 4.05. The van der Waals surface area contributed by atoms with E-state index < -0.39 is 0 Å². The van der Waals surface area contributed by atoms with E-state index in [1.165, 1.54) is 0 Å². The summed E-state index contributed by atoms with van der Waals surface area (Å²) < 4.78 is 5.46. The highest BCUT2D eigenvalue weighted by Crippen LogP contribution is 2.09. The van der Waals surface area contributed by atoms with Gasteiger partial charge in [-0.15, -0.1) is 0 Å². The van der Waals surface area contributed by atoms with Gasteiger partial charge in [-0.1, -0.05) is 0 Å². The Morgan fingerprint density at radius 2 is 2.25 bits per heavy atom. The van der Waals surface area contributed by atoms with Crippen molar-refractivity contribution in [2.75, 3.05) is 13.6 Å². The number of likely N-dealkylation sites (N-methyl/N-ethyl adjacent to an activating group) is 1. The van der Waals surface area contributed by atoms with Crippen molar-refractivity contribution < 1.29 is 9.21 Å². The Morgan fingerprint density at radius 1 is 1.50 bits per heavy atom. The zero-order valence-electron chi connectivity index (χ0n) is 10.2. The van der Waals surface area contributed by atoms with E-state index in [1.807, 2.05) is 26.0 Å². The second kappa shape index (κ2) is 6.33. The lowest BCUT2D eigenvalue weighted by Crippen LogP contribution is -2.38. The monoisotopic (exact) mass is 224 g/mol. The summed E-state index contributed by atoms with van der Waals surface area (Å²) in [4.78, 5) is 11.3. The van der Waals surface area contributed by atoms with Gasteiger partial charge < -0.3 is 15.1 Å². The highest BCUT2D eigenvalue weighted by atomic mass is 16.3. The van der Waals surface area contributed by atoms with Crippen molar-refractivity contribution in [1.82, 2.24) is 10.6 Å². The highest BCUT2D eigenvalue weighted by molar-refractivity contribution is 5.78. The van der Waals surface area contributed by atoms with Crippen LogP contribution in [0.1, 0.15) is 24.9 Å². The van der Waals surface area contributed by atoms with Crippen LogP contribution in [0.4, 0.5) is 0 Å². The molecule has 0 radical (unpaired) electrons. The van der Waals surface area contributed by atoms with E-state index >= 15 is 0 Å². The van der Waals surface area contributed by atoms with Crippen LogP contribution in [-0.4, -0.2) is 25.5 Å². The summed E-state index contributed by atoms with van der Waals surface area (Å²) >= 11 is 0. The van der Waals surface area contributed by atoms with Gasteiger partial charge in [0.2, 0.25) is 5.91 Å². The molecule has 0 spiro atoms. The van der Waals surface area contributed by atoms with Crippen LogP contribution in [0.2, 0.25) is 0 Å². The molecule has 0 saturated heterocycles. The Balaban J connectivity index is 2.24. The Morgan fingerprint density at radius 3 is 2.81 bits per heavy atom. The number of aryl methyl sites for hydroxylation is 2. The van der Waals surface area contributed by atoms with Crippen LogP contribution in [0, 0.1) is 6.92 Å². The van der Waals surface area contributed by atoms with E-state index in [-0.39, 0.29) is 11.9 Å². The van der Waals surface area contributed by atoms with Gasteiger partial charge in [0.25, 0.3) is 0 Å². The predicted octanol–water partition coefficient (Wildman–Crippen LogP) is 1.24. The largest absolute Gasteiger partial charge is 0.466 e. The van der Waals surface area contributed by atoms with Crippen LogP contribution >= 0.6 is 0 Å². The minimum atomic E-state index is 0.0330. The molecule has 0 aliphatic rings. The van der Waals surface area contributed by atoms with Crippen LogP contribution in [0.15, 0.2) is 16.5 Å². The molecule has 0 aliphatic carbocycles. The molecular weight excluding hydrogens is 204 g/mol. The molecule has 1 rings (SSSR count). The number of hydrogen-bond acceptors (Lipinski definition) is 3. The summed E-state index contributed by atoms with van der Waals surface area (Å²) in [7, 11) is 1.76. The van der Waals surface area contributed by atoms with Gasteiger partial charge in [-0.05, 0) is 39.4 Å². The van der Waals surface area contributed by atoms with Crippen LogP contribution in [-0.2, 0) is 11.2 Å². The molecule has 0 saturated carbocycles. The number of hydrogen-bond donors (Lipinski definition) is 2. The first-order chi connectivity index (χ1) is 7.61. The third-order valence-electron chi connectivity index (χ3n) is 2.36. The van der Waals surface area contributed by atoms with E-state index in [9.17, 15) is 4.79 Å². The van der Waals surface area contributed by atoms with Crippen molar-refractivity contribution >= 4 is 5.91 Å². The summed E-state index contributed by atoms with van der Waals surface area (Å²) in [5.41, 5.74) is 0. The van der Waals surface area contributed by atoms with Gasteiger partial charge >= 0.3 is 0 Å². The van der Waals surface area contributed by atoms with E-state index in [0.29, 0.717) is 6.54 Å².